The minimum Gasteiger partial charge on any atom is -0.481 e. The number of aliphatic carboxylic acids is 1. The molecule has 6 heteroatoms. The van der Waals surface area contributed by atoms with Crippen LogP contribution in [0, 0.1) is 21.3 Å². The van der Waals surface area contributed by atoms with Crippen molar-refractivity contribution in [1.29, 1.82) is 0 Å². The van der Waals surface area contributed by atoms with Crippen LogP contribution in [0.1, 0.15) is 19.4 Å². The third kappa shape index (κ3) is 3.24. The maximum absolute atomic E-state index is 13.1. The molecule has 1 aromatic rings. The van der Waals surface area contributed by atoms with Crippen LogP contribution >= 0.6 is 0 Å². The summed E-state index contributed by atoms with van der Waals surface area (Å²) in [4.78, 5) is 20.7. The number of benzene rings is 1. The highest BCUT2D eigenvalue weighted by Gasteiger charge is 2.28. The number of carbonyl (C=O) groups is 1. The van der Waals surface area contributed by atoms with Gasteiger partial charge in [-0.3, -0.25) is 14.9 Å². The molecule has 92 valence electrons. The van der Waals surface area contributed by atoms with E-state index in [1.807, 2.05) is 0 Å². The summed E-state index contributed by atoms with van der Waals surface area (Å²) in [5, 5.41) is 19.5. The van der Waals surface area contributed by atoms with Gasteiger partial charge in [-0.1, -0.05) is 0 Å². The van der Waals surface area contributed by atoms with Gasteiger partial charge in [0.25, 0.3) is 5.69 Å². The van der Waals surface area contributed by atoms with Gasteiger partial charge in [0.05, 0.1) is 16.4 Å². The van der Waals surface area contributed by atoms with Gasteiger partial charge in [-0.15, -0.1) is 0 Å². The van der Waals surface area contributed by atoms with Gasteiger partial charge >= 0.3 is 5.97 Å². The molecule has 0 aliphatic carbocycles. The summed E-state index contributed by atoms with van der Waals surface area (Å²) in [5.41, 5.74) is -1.17. The zero-order valence-corrected chi connectivity index (χ0v) is 9.44. The van der Waals surface area contributed by atoms with E-state index in [0.717, 1.165) is 12.1 Å². The normalized spacial score (nSPS) is 11.2. The Morgan fingerprint density at radius 2 is 2.06 bits per heavy atom. The van der Waals surface area contributed by atoms with Crippen LogP contribution in [0.5, 0.6) is 0 Å². The molecule has 1 rings (SSSR count). The van der Waals surface area contributed by atoms with E-state index in [1.165, 1.54) is 19.9 Å². The molecule has 5 nitrogen and oxygen atoms in total. The predicted molar refractivity (Wildman–Crippen MR) is 58.2 cm³/mol. The second-order valence-electron chi connectivity index (χ2n) is 4.44. The zero-order chi connectivity index (χ0) is 13.2. The van der Waals surface area contributed by atoms with E-state index in [4.69, 9.17) is 5.11 Å². The Hall–Kier alpha value is -1.98. The standard InChI is InChI=1S/C11H12FNO4/c1-11(2,10(14)15)6-7-3-8(12)5-9(4-7)13(16)17/h3-5H,6H2,1-2H3,(H,14,15). The minimum absolute atomic E-state index is 0.0287. The fourth-order valence-electron chi connectivity index (χ4n) is 1.43. The van der Waals surface area contributed by atoms with Crippen molar-refractivity contribution in [2.75, 3.05) is 0 Å². The Labute approximate surface area is 97.0 Å². The zero-order valence-electron chi connectivity index (χ0n) is 9.44. The van der Waals surface area contributed by atoms with Crippen molar-refractivity contribution >= 4 is 11.7 Å². The molecule has 0 bridgehead atoms. The summed E-state index contributed by atoms with van der Waals surface area (Å²) in [6, 6.07) is 3.10. The van der Waals surface area contributed by atoms with Crippen molar-refractivity contribution in [1.82, 2.24) is 0 Å². The summed E-state index contributed by atoms with van der Waals surface area (Å²) in [5.74, 6) is -1.78. The van der Waals surface area contributed by atoms with E-state index < -0.39 is 22.1 Å². The lowest BCUT2D eigenvalue weighted by Gasteiger charge is -2.18. The molecule has 1 N–H and O–H groups in total. The maximum Gasteiger partial charge on any atom is 0.309 e. The quantitative estimate of drug-likeness (QED) is 0.648. The van der Waals surface area contributed by atoms with E-state index >= 15 is 0 Å². The monoisotopic (exact) mass is 241 g/mol. The average molecular weight is 241 g/mol. The summed E-state index contributed by atoms with van der Waals surface area (Å²) in [7, 11) is 0. The highest BCUT2D eigenvalue weighted by molar-refractivity contribution is 5.74. The SMILES string of the molecule is CC(C)(Cc1cc(F)cc([N+](=O)[O-])c1)C(=O)O. The Bertz CT molecular complexity index is 471. The van der Waals surface area contributed by atoms with Crippen molar-refractivity contribution in [2.45, 2.75) is 20.3 Å². The first kappa shape index (κ1) is 13.1. The maximum atomic E-state index is 13.1. The lowest BCUT2D eigenvalue weighted by atomic mass is 9.86. The Balaban J connectivity index is 3.07. The lowest BCUT2D eigenvalue weighted by Crippen LogP contribution is -2.26. The molecule has 0 unspecified atom stereocenters. The molecule has 0 amide bonds. The number of halogens is 1. The van der Waals surface area contributed by atoms with Gasteiger partial charge in [0.2, 0.25) is 0 Å². The first-order valence-corrected chi connectivity index (χ1v) is 4.89. The van der Waals surface area contributed by atoms with Gasteiger partial charge in [-0.05, 0) is 31.9 Å². The molecule has 0 aliphatic heterocycles. The number of non-ortho nitro benzene ring substituents is 1. The van der Waals surface area contributed by atoms with E-state index in [2.05, 4.69) is 0 Å². The molecule has 0 heterocycles. The van der Waals surface area contributed by atoms with Crippen LogP contribution in [0.3, 0.4) is 0 Å². The minimum atomic E-state index is -1.10. The average Bonchev–Trinajstić information content (AvgIpc) is 2.15. The van der Waals surface area contributed by atoms with E-state index in [1.54, 1.807) is 0 Å². The van der Waals surface area contributed by atoms with E-state index in [9.17, 15) is 19.3 Å². The third-order valence-electron chi connectivity index (χ3n) is 2.38. The summed E-state index contributed by atoms with van der Waals surface area (Å²) >= 11 is 0. The Morgan fingerprint density at radius 1 is 1.47 bits per heavy atom. The van der Waals surface area contributed by atoms with E-state index in [-0.39, 0.29) is 12.1 Å². The fraction of sp³-hybridized carbons (Fsp3) is 0.364. The van der Waals surface area contributed by atoms with Crippen LogP contribution in [0.15, 0.2) is 18.2 Å². The molecule has 1 aromatic carbocycles. The van der Waals surface area contributed by atoms with E-state index in [0.29, 0.717) is 5.56 Å². The number of hydrogen-bond acceptors (Lipinski definition) is 3. The molecular formula is C11H12FNO4. The third-order valence-corrected chi connectivity index (χ3v) is 2.38. The van der Waals surface area contributed by atoms with Crippen molar-refractivity contribution in [2.24, 2.45) is 5.41 Å². The van der Waals surface area contributed by atoms with Crippen molar-refractivity contribution in [3.63, 3.8) is 0 Å². The molecule has 0 spiro atoms. The van der Waals surface area contributed by atoms with Crippen molar-refractivity contribution in [3.8, 4) is 0 Å². The highest BCUT2D eigenvalue weighted by Crippen LogP contribution is 2.25. The number of nitro groups is 1. The fourth-order valence-corrected chi connectivity index (χ4v) is 1.43. The van der Waals surface area contributed by atoms with Gasteiger partial charge < -0.3 is 5.11 Å². The summed E-state index contributed by atoms with van der Waals surface area (Å²) in [6.45, 7) is 2.96. The Morgan fingerprint density at radius 3 is 2.53 bits per heavy atom. The van der Waals surface area contributed by atoms with Crippen LogP contribution in [-0.4, -0.2) is 16.0 Å². The second kappa shape index (κ2) is 4.48. The molecule has 0 radical (unpaired) electrons. The van der Waals surface area contributed by atoms with Crippen LogP contribution in [-0.2, 0) is 11.2 Å². The van der Waals surface area contributed by atoms with Crippen LogP contribution < -0.4 is 0 Å². The van der Waals surface area contributed by atoms with Crippen molar-refractivity contribution < 1.29 is 19.2 Å². The highest BCUT2D eigenvalue weighted by atomic mass is 19.1. The molecule has 0 atom stereocenters. The number of nitro benzene ring substituents is 1. The largest absolute Gasteiger partial charge is 0.481 e. The molecule has 0 aromatic heterocycles. The molecular weight excluding hydrogens is 229 g/mol. The summed E-state index contributed by atoms with van der Waals surface area (Å²) < 4.78 is 13.1. The van der Waals surface area contributed by atoms with Crippen LogP contribution in [0.25, 0.3) is 0 Å². The van der Waals surface area contributed by atoms with Gasteiger partial charge in [-0.25, -0.2) is 4.39 Å². The molecule has 0 saturated carbocycles. The molecule has 0 aliphatic rings. The molecule has 0 fully saturated rings. The van der Waals surface area contributed by atoms with Gasteiger partial charge in [-0.2, -0.15) is 0 Å². The van der Waals surface area contributed by atoms with Crippen LogP contribution in [0.4, 0.5) is 10.1 Å². The van der Waals surface area contributed by atoms with Crippen LogP contribution in [0.2, 0.25) is 0 Å². The van der Waals surface area contributed by atoms with Gasteiger partial charge in [0, 0.05) is 6.07 Å². The molecule has 0 saturated heterocycles. The van der Waals surface area contributed by atoms with Crippen molar-refractivity contribution in [3.05, 3.63) is 39.7 Å². The Kier molecular flexibility index (Phi) is 3.45. The second-order valence-corrected chi connectivity index (χ2v) is 4.44. The molecule has 17 heavy (non-hydrogen) atoms. The van der Waals surface area contributed by atoms with Gasteiger partial charge in [0.1, 0.15) is 5.82 Å². The van der Waals surface area contributed by atoms with Gasteiger partial charge in [0.15, 0.2) is 0 Å². The number of nitrogens with zero attached hydrogens (tertiary/aromatic N) is 1. The topological polar surface area (TPSA) is 80.4 Å². The predicted octanol–water partition coefficient (Wildman–Crippen LogP) is 2.39. The first-order valence-electron chi connectivity index (χ1n) is 4.89. The summed E-state index contributed by atoms with van der Waals surface area (Å²) in [6.07, 6.45) is 0.0287. The number of hydrogen-bond donors (Lipinski definition) is 1. The number of carboxylic acids is 1. The smallest absolute Gasteiger partial charge is 0.309 e. The first-order chi connectivity index (χ1) is 7.72. The lowest BCUT2D eigenvalue weighted by molar-refractivity contribution is -0.385. The number of rotatable bonds is 4. The number of carboxylic acid groups (broad SMARTS) is 1.